The molecule has 34 heavy (non-hydrogen) atoms. The number of carbonyl (C=O) groups is 1. The lowest BCUT2D eigenvalue weighted by atomic mass is 9.83. The molecule has 0 saturated heterocycles. The molecule has 2 amide bonds. The van der Waals surface area contributed by atoms with Crippen molar-refractivity contribution in [3.63, 3.8) is 0 Å². The molecule has 1 aromatic heterocycles. The van der Waals surface area contributed by atoms with Crippen molar-refractivity contribution in [3.05, 3.63) is 89.2 Å². The van der Waals surface area contributed by atoms with Crippen LogP contribution in [0.1, 0.15) is 61.9 Å². The normalized spacial score (nSPS) is 18.6. The monoisotopic (exact) mass is 469 g/mol. The zero-order valence-electron chi connectivity index (χ0n) is 19.6. The third-order valence-electron chi connectivity index (χ3n) is 6.42. The Bertz CT molecular complexity index is 1130. The lowest BCUT2D eigenvalue weighted by molar-refractivity contribution is -0.137. The molecule has 0 aliphatic carbocycles. The fraction of sp³-hybridized carbons (Fsp3) is 0.370. The summed E-state index contributed by atoms with van der Waals surface area (Å²) in [4.78, 5) is 12.8. The van der Waals surface area contributed by atoms with Crippen LogP contribution in [-0.2, 0) is 18.1 Å². The van der Waals surface area contributed by atoms with Crippen molar-refractivity contribution in [1.29, 1.82) is 0 Å². The van der Waals surface area contributed by atoms with Crippen molar-refractivity contribution in [2.75, 3.05) is 5.32 Å². The van der Waals surface area contributed by atoms with Gasteiger partial charge in [-0.1, -0.05) is 45.0 Å². The van der Waals surface area contributed by atoms with Crippen LogP contribution in [0.15, 0.2) is 66.9 Å². The van der Waals surface area contributed by atoms with Crippen molar-refractivity contribution < 1.29 is 18.0 Å². The molecule has 2 atom stereocenters. The molecule has 1 aliphatic rings. The third kappa shape index (κ3) is 5.29. The van der Waals surface area contributed by atoms with Crippen LogP contribution in [0, 0.1) is 0 Å². The van der Waals surface area contributed by atoms with Crippen LogP contribution < -0.4 is 10.6 Å². The smallest absolute Gasteiger partial charge is 0.351 e. The Hall–Kier alpha value is -3.22. The Morgan fingerprint density at radius 1 is 0.941 bits per heavy atom. The Labute approximate surface area is 198 Å². The summed E-state index contributed by atoms with van der Waals surface area (Å²) >= 11 is 0. The molecular formula is C27H30F3N3O. The second kappa shape index (κ2) is 9.20. The number of halogens is 3. The van der Waals surface area contributed by atoms with Crippen molar-refractivity contribution >= 4 is 11.7 Å². The van der Waals surface area contributed by atoms with E-state index in [0.29, 0.717) is 5.69 Å². The molecule has 3 aromatic rings. The van der Waals surface area contributed by atoms with E-state index < -0.39 is 17.8 Å². The average Bonchev–Trinajstić information content (AvgIpc) is 3.14. The van der Waals surface area contributed by atoms with Gasteiger partial charge in [-0.25, -0.2) is 4.79 Å². The maximum Gasteiger partial charge on any atom is 0.416 e. The molecule has 7 heteroatoms. The first-order chi connectivity index (χ1) is 16.0. The van der Waals surface area contributed by atoms with E-state index in [2.05, 4.69) is 72.5 Å². The molecule has 2 aromatic carbocycles. The summed E-state index contributed by atoms with van der Waals surface area (Å²) in [7, 11) is 0. The average molecular weight is 470 g/mol. The second-order valence-corrected chi connectivity index (χ2v) is 9.90. The number of amides is 2. The standard InChI is InChI=1S/C27H30F3N3O/c1-26(2,3)19-10-8-18(9-11-19)24-22(6-4-16-33-17-5-7-23(24)33)32-25(34)31-21-14-12-20(13-15-21)27(28,29)30/h5,7-15,17,22,24H,4,6,16H2,1-3H3,(H2,31,32,34). The molecule has 180 valence electrons. The molecule has 0 fully saturated rings. The number of rotatable bonds is 3. The summed E-state index contributed by atoms with van der Waals surface area (Å²) in [5.41, 5.74) is 3.11. The van der Waals surface area contributed by atoms with Gasteiger partial charge in [0.15, 0.2) is 0 Å². The molecule has 1 aliphatic heterocycles. The third-order valence-corrected chi connectivity index (χ3v) is 6.42. The molecule has 4 rings (SSSR count). The highest BCUT2D eigenvalue weighted by Crippen LogP contribution is 2.35. The molecule has 0 radical (unpaired) electrons. The number of aromatic nitrogens is 1. The van der Waals surface area contributed by atoms with E-state index in [1.54, 1.807) is 0 Å². The van der Waals surface area contributed by atoms with E-state index in [0.717, 1.165) is 42.8 Å². The predicted octanol–water partition coefficient (Wildman–Crippen LogP) is 6.92. The van der Waals surface area contributed by atoms with Crippen molar-refractivity contribution in [3.8, 4) is 0 Å². The first-order valence-corrected chi connectivity index (χ1v) is 11.5. The Balaban J connectivity index is 1.56. The van der Waals surface area contributed by atoms with Gasteiger partial charge in [-0.05, 0) is 65.8 Å². The maximum absolute atomic E-state index is 12.8. The van der Waals surface area contributed by atoms with Crippen molar-refractivity contribution in [2.24, 2.45) is 0 Å². The fourth-order valence-corrected chi connectivity index (χ4v) is 4.59. The molecule has 4 nitrogen and oxygen atoms in total. The van der Waals surface area contributed by atoms with E-state index in [-0.39, 0.29) is 17.4 Å². The maximum atomic E-state index is 12.8. The van der Waals surface area contributed by atoms with Gasteiger partial charge in [-0.2, -0.15) is 13.2 Å². The quantitative estimate of drug-likeness (QED) is 0.430. The largest absolute Gasteiger partial charge is 0.416 e. The summed E-state index contributed by atoms with van der Waals surface area (Å²) in [5.74, 6) is -0.0372. The minimum absolute atomic E-state index is 0.0372. The fourth-order valence-electron chi connectivity index (χ4n) is 4.59. The van der Waals surface area contributed by atoms with Crippen LogP contribution in [0.3, 0.4) is 0 Å². The molecule has 2 heterocycles. The van der Waals surface area contributed by atoms with Crippen LogP contribution >= 0.6 is 0 Å². The molecule has 2 N–H and O–H groups in total. The van der Waals surface area contributed by atoms with E-state index in [4.69, 9.17) is 0 Å². The molecular weight excluding hydrogens is 439 g/mol. The second-order valence-electron chi connectivity index (χ2n) is 9.90. The van der Waals surface area contributed by atoms with E-state index in [1.165, 1.54) is 17.7 Å². The summed E-state index contributed by atoms with van der Waals surface area (Å²) in [6.45, 7) is 7.40. The van der Waals surface area contributed by atoms with Crippen LogP contribution in [0.25, 0.3) is 0 Å². The van der Waals surface area contributed by atoms with Gasteiger partial charge in [0.2, 0.25) is 0 Å². The molecule has 0 spiro atoms. The SMILES string of the molecule is CC(C)(C)c1ccc(C2c3cccn3CCCC2NC(=O)Nc2ccc(C(F)(F)F)cc2)cc1. The van der Waals surface area contributed by atoms with Gasteiger partial charge in [0.1, 0.15) is 0 Å². The number of anilines is 1. The number of hydrogen-bond acceptors (Lipinski definition) is 1. The Morgan fingerprint density at radius 2 is 1.59 bits per heavy atom. The predicted molar refractivity (Wildman–Crippen MR) is 128 cm³/mol. The number of carbonyl (C=O) groups excluding carboxylic acids is 1. The minimum Gasteiger partial charge on any atom is -0.351 e. The first-order valence-electron chi connectivity index (χ1n) is 11.5. The topological polar surface area (TPSA) is 46.1 Å². The van der Waals surface area contributed by atoms with Gasteiger partial charge < -0.3 is 15.2 Å². The zero-order chi connectivity index (χ0) is 24.5. The van der Waals surface area contributed by atoms with E-state index >= 15 is 0 Å². The highest BCUT2D eigenvalue weighted by Gasteiger charge is 2.32. The molecule has 0 saturated carbocycles. The number of nitrogens with zero attached hydrogens (tertiary/aromatic N) is 1. The number of hydrogen-bond donors (Lipinski definition) is 2. The highest BCUT2D eigenvalue weighted by atomic mass is 19.4. The zero-order valence-corrected chi connectivity index (χ0v) is 19.6. The minimum atomic E-state index is -4.41. The van der Waals surface area contributed by atoms with Crippen LogP contribution in [0.4, 0.5) is 23.7 Å². The lowest BCUT2D eigenvalue weighted by Gasteiger charge is -2.28. The number of alkyl halides is 3. The van der Waals surface area contributed by atoms with Gasteiger partial charge in [-0.3, -0.25) is 0 Å². The van der Waals surface area contributed by atoms with Gasteiger partial charge in [0, 0.05) is 36.1 Å². The van der Waals surface area contributed by atoms with Gasteiger partial charge in [-0.15, -0.1) is 0 Å². The van der Waals surface area contributed by atoms with Crippen LogP contribution in [0.2, 0.25) is 0 Å². The van der Waals surface area contributed by atoms with E-state index in [1.807, 2.05) is 6.07 Å². The number of urea groups is 1. The number of fused-ring (bicyclic) bond motifs is 1. The molecule has 0 bridgehead atoms. The summed E-state index contributed by atoms with van der Waals surface area (Å²) in [6.07, 6.45) is -0.653. The van der Waals surface area contributed by atoms with Gasteiger partial charge in [0.05, 0.1) is 5.56 Å². The lowest BCUT2D eigenvalue weighted by Crippen LogP contribution is -2.41. The summed E-state index contributed by atoms with van der Waals surface area (Å²) in [5, 5.41) is 5.77. The molecule has 2 unspecified atom stereocenters. The van der Waals surface area contributed by atoms with Crippen LogP contribution in [-0.4, -0.2) is 16.6 Å². The van der Waals surface area contributed by atoms with Crippen molar-refractivity contribution in [2.45, 2.75) is 63.7 Å². The Morgan fingerprint density at radius 3 is 2.21 bits per heavy atom. The van der Waals surface area contributed by atoms with Crippen molar-refractivity contribution in [1.82, 2.24) is 9.88 Å². The number of benzene rings is 2. The number of aryl methyl sites for hydroxylation is 1. The van der Waals surface area contributed by atoms with Gasteiger partial charge in [0.25, 0.3) is 0 Å². The summed E-state index contributed by atoms with van der Waals surface area (Å²) < 4.78 is 40.7. The summed E-state index contributed by atoms with van der Waals surface area (Å²) in [6, 6.07) is 16.6. The first kappa shape index (κ1) is 23.9. The highest BCUT2D eigenvalue weighted by molar-refractivity contribution is 5.89. The van der Waals surface area contributed by atoms with Gasteiger partial charge >= 0.3 is 12.2 Å². The van der Waals surface area contributed by atoms with E-state index in [9.17, 15) is 18.0 Å². The number of nitrogens with one attached hydrogen (secondary N) is 2. The Kier molecular flexibility index (Phi) is 6.47. The van der Waals surface area contributed by atoms with Crippen LogP contribution in [0.5, 0.6) is 0 Å².